The molecular formula is C17H13N5O. The monoisotopic (exact) mass is 303 g/mol. The molecule has 1 aromatic carbocycles. The van der Waals surface area contributed by atoms with E-state index in [1.807, 2.05) is 42.7 Å². The Kier molecular flexibility index (Phi) is 3.20. The van der Waals surface area contributed by atoms with Crippen LogP contribution in [-0.2, 0) is 6.42 Å². The van der Waals surface area contributed by atoms with Gasteiger partial charge in [-0.05, 0) is 12.1 Å². The van der Waals surface area contributed by atoms with Crippen LogP contribution in [0.5, 0.6) is 0 Å². The van der Waals surface area contributed by atoms with Gasteiger partial charge in [0.15, 0.2) is 17.3 Å². The summed E-state index contributed by atoms with van der Waals surface area (Å²) >= 11 is 0. The van der Waals surface area contributed by atoms with Gasteiger partial charge in [0.25, 0.3) is 0 Å². The Hall–Kier alpha value is -3.28. The third-order valence-electron chi connectivity index (χ3n) is 3.62. The van der Waals surface area contributed by atoms with E-state index >= 15 is 0 Å². The predicted octanol–water partition coefficient (Wildman–Crippen LogP) is 2.54. The quantitative estimate of drug-likeness (QED) is 0.588. The molecule has 0 saturated carbocycles. The average molecular weight is 303 g/mol. The fourth-order valence-corrected chi connectivity index (χ4v) is 2.45. The van der Waals surface area contributed by atoms with Crippen molar-refractivity contribution in [2.45, 2.75) is 6.42 Å². The first-order valence-electron chi connectivity index (χ1n) is 7.22. The van der Waals surface area contributed by atoms with Gasteiger partial charge in [-0.1, -0.05) is 30.3 Å². The van der Waals surface area contributed by atoms with Crippen molar-refractivity contribution in [3.8, 4) is 11.1 Å². The van der Waals surface area contributed by atoms with Crippen LogP contribution in [0.25, 0.3) is 16.8 Å². The van der Waals surface area contributed by atoms with E-state index in [1.54, 1.807) is 22.8 Å². The molecule has 6 nitrogen and oxygen atoms in total. The highest BCUT2D eigenvalue weighted by Crippen LogP contribution is 2.18. The summed E-state index contributed by atoms with van der Waals surface area (Å²) in [6.07, 6.45) is 5.63. The highest BCUT2D eigenvalue weighted by atomic mass is 16.1. The number of aromatic nitrogens is 5. The number of benzene rings is 1. The first-order chi connectivity index (χ1) is 11.3. The van der Waals surface area contributed by atoms with E-state index in [9.17, 15) is 4.79 Å². The summed E-state index contributed by atoms with van der Waals surface area (Å²) < 4.78 is 1.69. The van der Waals surface area contributed by atoms with Crippen LogP contribution in [-0.4, -0.2) is 30.6 Å². The smallest absolute Gasteiger partial charge is 0.170 e. The minimum absolute atomic E-state index is 0.0107. The Balaban J connectivity index is 1.63. The molecule has 23 heavy (non-hydrogen) atoms. The number of fused-ring (bicyclic) bond motifs is 1. The Labute approximate surface area is 131 Å². The number of hydrogen-bond donors (Lipinski definition) is 1. The van der Waals surface area contributed by atoms with Crippen molar-refractivity contribution in [2.24, 2.45) is 0 Å². The zero-order valence-corrected chi connectivity index (χ0v) is 12.2. The number of hydrogen-bond acceptors (Lipinski definition) is 4. The molecule has 0 radical (unpaired) electrons. The lowest BCUT2D eigenvalue weighted by Gasteiger charge is -1.97. The maximum atomic E-state index is 12.2. The predicted molar refractivity (Wildman–Crippen MR) is 85.0 cm³/mol. The van der Waals surface area contributed by atoms with Gasteiger partial charge in [-0.3, -0.25) is 9.89 Å². The number of carbonyl (C=O) groups excluding carboxylic acids is 1. The van der Waals surface area contributed by atoms with Gasteiger partial charge in [-0.2, -0.15) is 10.2 Å². The van der Waals surface area contributed by atoms with E-state index in [0.29, 0.717) is 17.0 Å². The maximum Gasteiger partial charge on any atom is 0.170 e. The van der Waals surface area contributed by atoms with Gasteiger partial charge in [0.1, 0.15) is 0 Å². The first-order valence-corrected chi connectivity index (χ1v) is 7.22. The molecule has 6 heteroatoms. The molecule has 3 aromatic heterocycles. The third-order valence-corrected chi connectivity index (χ3v) is 3.62. The Morgan fingerprint density at radius 3 is 2.74 bits per heavy atom. The summed E-state index contributed by atoms with van der Waals surface area (Å²) in [4.78, 5) is 16.7. The highest BCUT2D eigenvalue weighted by molar-refractivity contribution is 5.97. The van der Waals surface area contributed by atoms with Crippen LogP contribution >= 0.6 is 0 Å². The van der Waals surface area contributed by atoms with Crippen molar-refractivity contribution in [1.82, 2.24) is 24.8 Å². The lowest BCUT2D eigenvalue weighted by Crippen LogP contribution is -2.04. The van der Waals surface area contributed by atoms with E-state index in [-0.39, 0.29) is 12.2 Å². The number of Topliss-reactive ketones (excluding diaryl/α,β-unsaturated/α-hetero) is 1. The molecule has 112 valence electrons. The van der Waals surface area contributed by atoms with Crippen molar-refractivity contribution < 1.29 is 4.79 Å². The van der Waals surface area contributed by atoms with E-state index in [0.717, 1.165) is 11.1 Å². The number of nitrogens with one attached hydrogen (secondary N) is 1. The standard InChI is InChI=1S/C17H13N5O/c23-15(12-4-2-1-3-5-12)8-16-20-17-7-6-13(11-22(17)21-16)14-9-18-19-10-14/h1-7,9-11H,8H2,(H,18,19). The van der Waals surface area contributed by atoms with E-state index in [1.165, 1.54) is 0 Å². The number of nitrogens with zero attached hydrogens (tertiary/aromatic N) is 4. The van der Waals surface area contributed by atoms with Crippen molar-refractivity contribution in [3.63, 3.8) is 0 Å². The molecule has 1 N–H and O–H groups in total. The normalized spacial score (nSPS) is 11.0. The molecule has 0 aliphatic rings. The average Bonchev–Trinajstić information content (AvgIpc) is 3.24. The number of rotatable bonds is 4. The topological polar surface area (TPSA) is 75.9 Å². The summed E-state index contributed by atoms with van der Waals surface area (Å²) in [5.41, 5.74) is 3.35. The minimum atomic E-state index is 0.0107. The lowest BCUT2D eigenvalue weighted by molar-refractivity contribution is 0.0991. The van der Waals surface area contributed by atoms with Crippen LogP contribution in [0.2, 0.25) is 0 Å². The van der Waals surface area contributed by atoms with Crippen LogP contribution in [0.1, 0.15) is 16.2 Å². The van der Waals surface area contributed by atoms with E-state index < -0.39 is 0 Å². The fourth-order valence-electron chi connectivity index (χ4n) is 2.45. The van der Waals surface area contributed by atoms with Gasteiger partial charge in [0, 0.05) is 29.1 Å². The molecule has 0 saturated heterocycles. The van der Waals surface area contributed by atoms with Gasteiger partial charge >= 0.3 is 0 Å². The van der Waals surface area contributed by atoms with Crippen molar-refractivity contribution in [1.29, 1.82) is 0 Å². The van der Waals surface area contributed by atoms with Crippen LogP contribution in [0.4, 0.5) is 0 Å². The number of aromatic amines is 1. The van der Waals surface area contributed by atoms with Gasteiger partial charge in [-0.15, -0.1) is 0 Å². The van der Waals surface area contributed by atoms with Crippen molar-refractivity contribution >= 4 is 11.4 Å². The molecule has 0 bridgehead atoms. The SMILES string of the molecule is O=C(Cc1nc2ccc(-c3cn[nH]c3)cn2n1)c1ccccc1. The van der Waals surface area contributed by atoms with Crippen LogP contribution in [0.3, 0.4) is 0 Å². The molecule has 0 fully saturated rings. The summed E-state index contributed by atoms with van der Waals surface area (Å²) in [6, 6.07) is 13.0. The molecule has 0 unspecified atom stereocenters. The summed E-state index contributed by atoms with van der Waals surface area (Å²) in [5, 5.41) is 11.1. The molecule has 0 atom stereocenters. The van der Waals surface area contributed by atoms with Crippen molar-refractivity contribution in [3.05, 3.63) is 72.4 Å². The lowest BCUT2D eigenvalue weighted by atomic mass is 10.1. The third kappa shape index (κ3) is 2.62. The Morgan fingerprint density at radius 2 is 1.96 bits per heavy atom. The Morgan fingerprint density at radius 1 is 1.09 bits per heavy atom. The number of pyridine rings is 1. The molecule has 0 amide bonds. The first kappa shape index (κ1) is 13.4. The molecular weight excluding hydrogens is 290 g/mol. The molecule has 4 rings (SSSR count). The van der Waals surface area contributed by atoms with E-state index in [2.05, 4.69) is 20.3 Å². The van der Waals surface area contributed by atoms with Gasteiger partial charge < -0.3 is 0 Å². The van der Waals surface area contributed by atoms with Gasteiger partial charge in [0.05, 0.1) is 12.6 Å². The summed E-state index contributed by atoms with van der Waals surface area (Å²) in [7, 11) is 0. The van der Waals surface area contributed by atoms with Crippen LogP contribution in [0, 0.1) is 0 Å². The van der Waals surface area contributed by atoms with Crippen LogP contribution in [0.15, 0.2) is 61.1 Å². The molecule has 0 aliphatic carbocycles. The fraction of sp³-hybridized carbons (Fsp3) is 0.0588. The largest absolute Gasteiger partial charge is 0.294 e. The highest BCUT2D eigenvalue weighted by Gasteiger charge is 2.11. The Bertz CT molecular complexity index is 957. The van der Waals surface area contributed by atoms with Gasteiger partial charge in [-0.25, -0.2) is 9.50 Å². The summed E-state index contributed by atoms with van der Waals surface area (Å²) in [6.45, 7) is 0. The van der Waals surface area contributed by atoms with E-state index in [4.69, 9.17) is 0 Å². The number of carbonyl (C=O) groups is 1. The molecule has 4 aromatic rings. The summed E-state index contributed by atoms with van der Waals surface area (Å²) in [5.74, 6) is 0.528. The molecule has 3 heterocycles. The molecule has 0 spiro atoms. The van der Waals surface area contributed by atoms with Gasteiger partial charge in [0.2, 0.25) is 0 Å². The van der Waals surface area contributed by atoms with Crippen molar-refractivity contribution in [2.75, 3.05) is 0 Å². The molecule has 0 aliphatic heterocycles. The maximum absolute atomic E-state index is 12.2. The number of ketones is 1. The minimum Gasteiger partial charge on any atom is -0.294 e. The van der Waals surface area contributed by atoms with Crippen LogP contribution < -0.4 is 0 Å². The second-order valence-corrected chi connectivity index (χ2v) is 5.20. The number of H-pyrrole nitrogens is 1. The second-order valence-electron chi connectivity index (χ2n) is 5.20. The zero-order chi connectivity index (χ0) is 15.6. The second kappa shape index (κ2) is 5.49. The zero-order valence-electron chi connectivity index (χ0n) is 12.2.